The zero-order valence-corrected chi connectivity index (χ0v) is 10.1. The van der Waals surface area contributed by atoms with Crippen molar-refractivity contribution in [2.45, 2.75) is 11.3 Å². The van der Waals surface area contributed by atoms with Crippen LogP contribution < -0.4 is 10.6 Å². The Morgan fingerprint density at radius 1 is 1.44 bits per heavy atom. The van der Waals surface area contributed by atoms with Crippen LogP contribution in [0.25, 0.3) is 0 Å². The molecule has 1 saturated heterocycles. The summed E-state index contributed by atoms with van der Waals surface area (Å²) >= 11 is 1.70. The average Bonchev–Trinajstić information content (AvgIpc) is 2.25. The Balaban J connectivity index is 1.84. The van der Waals surface area contributed by atoms with E-state index in [0.29, 0.717) is 12.3 Å². The molecule has 16 heavy (non-hydrogen) atoms. The summed E-state index contributed by atoms with van der Waals surface area (Å²) in [5.74, 6) is 0.633. The number of hydrogen-bond donors (Lipinski definition) is 2. The Bertz CT molecular complexity index is 360. The monoisotopic (exact) mass is 236 g/mol. The topological polar surface area (TPSA) is 41.1 Å². The lowest BCUT2D eigenvalue weighted by Gasteiger charge is -2.26. The number of rotatable bonds is 4. The maximum absolute atomic E-state index is 11.6. The van der Waals surface area contributed by atoms with Crippen molar-refractivity contribution in [2.24, 2.45) is 5.92 Å². The van der Waals surface area contributed by atoms with Gasteiger partial charge in [0.2, 0.25) is 5.91 Å². The average molecular weight is 236 g/mol. The molecule has 0 bridgehead atoms. The van der Waals surface area contributed by atoms with Gasteiger partial charge in [0.25, 0.3) is 0 Å². The Morgan fingerprint density at radius 3 is 2.62 bits per heavy atom. The summed E-state index contributed by atoms with van der Waals surface area (Å²) in [7, 11) is 0. The van der Waals surface area contributed by atoms with Crippen molar-refractivity contribution in [1.82, 2.24) is 5.32 Å². The second kappa shape index (κ2) is 5.37. The zero-order chi connectivity index (χ0) is 11.4. The standard InChI is InChI=1S/C12H16N2OS/c1-16-11-4-2-10(3-5-11)14-12(15)6-9-7-13-8-9/h2-5,9,13H,6-8H2,1H3,(H,14,15). The van der Waals surface area contributed by atoms with Gasteiger partial charge in [0.05, 0.1) is 0 Å². The van der Waals surface area contributed by atoms with E-state index >= 15 is 0 Å². The molecule has 0 saturated carbocycles. The van der Waals surface area contributed by atoms with Crippen molar-refractivity contribution in [3.05, 3.63) is 24.3 Å². The van der Waals surface area contributed by atoms with Crippen molar-refractivity contribution in [3.63, 3.8) is 0 Å². The minimum Gasteiger partial charge on any atom is -0.326 e. The summed E-state index contributed by atoms with van der Waals surface area (Å²) < 4.78 is 0. The molecule has 4 heteroatoms. The van der Waals surface area contributed by atoms with Crippen molar-refractivity contribution >= 4 is 23.4 Å². The third-order valence-corrected chi connectivity index (χ3v) is 3.46. The number of anilines is 1. The van der Waals surface area contributed by atoms with Crippen LogP contribution in [0.5, 0.6) is 0 Å². The molecular weight excluding hydrogens is 220 g/mol. The van der Waals surface area contributed by atoms with E-state index < -0.39 is 0 Å². The Morgan fingerprint density at radius 2 is 2.12 bits per heavy atom. The molecule has 0 aliphatic carbocycles. The lowest BCUT2D eigenvalue weighted by Crippen LogP contribution is -2.43. The van der Waals surface area contributed by atoms with E-state index in [0.717, 1.165) is 18.8 Å². The largest absolute Gasteiger partial charge is 0.326 e. The molecule has 1 aliphatic heterocycles. The molecule has 2 N–H and O–H groups in total. The Kier molecular flexibility index (Phi) is 3.85. The highest BCUT2D eigenvalue weighted by Gasteiger charge is 2.19. The Hall–Kier alpha value is -1.00. The van der Waals surface area contributed by atoms with Gasteiger partial charge in [0.1, 0.15) is 0 Å². The minimum absolute atomic E-state index is 0.114. The van der Waals surface area contributed by atoms with Gasteiger partial charge in [-0.15, -0.1) is 11.8 Å². The van der Waals surface area contributed by atoms with Gasteiger partial charge in [0, 0.05) is 17.0 Å². The predicted octanol–water partition coefficient (Wildman–Crippen LogP) is 1.96. The highest BCUT2D eigenvalue weighted by molar-refractivity contribution is 7.98. The first kappa shape index (κ1) is 11.5. The van der Waals surface area contributed by atoms with Crippen molar-refractivity contribution < 1.29 is 4.79 Å². The van der Waals surface area contributed by atoms with E-state index in [1.807, 2.05) is 30.5 Å². The van der Waals surface area contributed by atoms with E-state index in [1.54, 1.807) is 11.8 Å². The van der Waals surface area contributed by atoms with E-state index in [1.165, 1.54) is 4.90 Å². The number of amides is 1. The minimum atomic E-state index is 0.114. The second-order valence-corrected chi connectivity index (χ2v) is 4.88. The van der Waals surface area contributed by atoms with Crippen LogP contribution in [0.3, 0.4) is 0 Å². The Labute approximate surface area is 100.0 Å². The summed E-state index contributed by atoms with van der Waals surface area (Å²) in [6.07, 6.45) is 2.66. The first-order valence-corrected chi connectivity index (χ1v) is 6.65. The quantitative estimate of drug-likeness (QED) is 0.785. The zero-order valence-electron chi connectivity index (χ0n) is 9.32. The number of hydrogen-bond acceptors (Lipinski definition) is 3. The van der Waals surface area contributed by atoms with Crippen LogP contribution in [0.15, 0.2) is 29.2 Å². The van der Waals surface area contributed by atoms with E-state index in [2.05, 4.69) is 10.6 Å². The predicted molar refractivity (Wildman–Crippen MR) is 67.8 cm³/mol. The van der Waals surface area contributed by atoms with Crippen LogP contribution >= 0.6 is 11.8 Å². The normalized spacial score (nSPS) is 15.6. The summed E-state index contributed by atoms with van der Waals surface area (Å²) in [6, 6.07) is 7.93. The molecule has 1 heterocycles. The number of carbonyl (C=O) groups excluding carboxylic acids is 1. The van der Waals surface area contributed by atoms with Crippen molar-refractivity contribution in [3.8, 4) is 0 Å². The molecule has 0 spiro atoms. The van der Waals surface area contributed by atoms with Gasteiger partial charge in [-0.1, -0.05) is 0 Å². The van der Waals surface area contributed by atoms with Crippen LogP contribution in [0.4, 0.5) is 5.69 Å². The first-order valence-electron chi connectivity index (χ1n) is 5.42. The lowest BCUT2D eigenvalue weighted by atomic mass is 9.99. The molecule has 0 atom stereocenters. The number of thioether (sulfide) groups is 1. The van der Waals surface area contributed by atoms with E-state index in [4.69, 9.17) is 0 Å². The summed E-state index contributed by atoms with van der Waals surface area (Å²) in [5.41, 5.74) is 0.884. The fourth-order valence-electron chi connectivity index (χ4n) is 1.64. The smallest absolute Gasteiger partial charge is 0.224 e. The van der Waals surface area contributed by atoms with Crippen molar-refractivity contribution in [2.75, 3.05) is 24.7 Å². The molecule has 1 fully saturated rings. The lowest BCUT2D eigenvalue weighted by molar-refractivity contribution is -0.117. The second-order valence-electron chi connectivity index (χ2n) is 4.01. The van der Waals surface area contributed by atoms with Gasteiger partial charge in [-0.3, -0.25) is 4.79 Å². The molecule has 0 radical (unpaired) electrons. The fraction of sp³-hybridized carbons (Fsp3) is 0.417. The van der Waals surface area contributed by atoms with Crippen LogP contribution in [0.2, 0.25) is 0 Å². The van der Waals surface area contributed by atoms with E-state index in [9.17, 15) is 4.79 Å². The van der Waals surface area contributed by atoms with Gasteiger partial charge >= 0.3 is 0 Å². The molecular formula is C12H16N2OS. The molecule has 3 nitrogen and oxygen atoms in total. The highest BCUT2D eigenvalue weighted by Crippen LogP contribution is 2.18. The molecule has 0 aromatic heterocycles. The molecule has 2 rings (SSSR count). The third-order valence-electron chi connectivity index (χ3n) is 2.71. The summed E-state index contributed by atoms with van der Waals surface area (Å²) in [5, 5.41) is 6.08. The number of nitrogens with one attached hydrogen (secondary N) is 2. The molecule has 86 valence electrons. The third kappa shape index (κ3) is 3.00. The maximum Gasteiger partial charge on any atom is 0.224 e. The fourth-order valence-corrected chi connectivity index (χ4v) is 2.05. The van der Waals surface area contributed by atoms with Gasteiger partial charge in [-0.25, -0.2) is 0 Å². The van der Waals surface area contributed by atoms with Gasteiger partial charge in [0.15, 0.2) is 0 Å². The highest BCUT2D eigenvalue weighted by atomic mass is 32.2. The molecule has 1 aromatic carbocycles. The molecule has 0 unspecified atom stereocenters. The van der Waals surface area contributed by atoms with Gasteiger partial charge in [-0.2, -0.15) is 0 Å². The summed E-state index contributed by atoms with van der Waals surface area (Å²) in [4.78, 5) is 12.8. The van der Waals surface area contributed by atoms with Gasteiger partial charge in [-0.05, 0) is 49.5 Å². The first-order chi connectivity index (χ1) is 7.78. The van der Waals surface area contributed by atoms with Crippen LogP contribution in [0, 0.1) is 5.92 Å². The molecule has 1 aliphatic rings. The van der Waals surface area contributed by atoms with Crippen molar-refractivity contribution in [1.29, 1.82) is 0 Å². The van der Waals surface area contributed by atoms with Gasteiger partial charge < -0.3 is 10.6 Å². The molecule has 1 aromatic rings. The SMILES string of the molecule is CSc1ccc(NC(=O)CC2CNC2)cc1. The van der Waals surface area contributed by atoms with Crippen LogP contribution in [0.1, 0.15) is 6.42 Å². The number of benzene rings is 1. The van der Waals surface area contributed by atoms with E-state index in [-0.39, 0.29) is 5.91 Å². The number of carbonyl (C=O) groups is 1. The maximum atomic E-state index is 11.6. The summed E-state index contributed by atoms with van der Waals surface area (Å²) in [6.45, 7) is 1.94. The van der Waals surface area contributed by atoms with Crippen LogP contribution in [-0.4, -0.2) is 25.3 Å². The van der Waals surface area contributed by atoms with Crippen LogP contribution in [-0.2, 0) is 4.79 Å². The molecule has 1 amide bonds.